The molecule has 0 saturated carbocycles. The van der Waals surface area contributed by atoms with Gasteiger partial charge >= 0.3 is 0 Å². The Morgan fingerprint density at radius 1 is 0.739 bits per heavy atom. The highest BCUT2D eigenvalue weighted by Gasteiger charge is 2.39. The fourth-order valence-electron chi connectivity index (χ4n) is 2.99. The van der Waals surface area contributed by atoms with E-state index in [4.69, 9.17) is 23.7 Å². The number of hydrogen-bond acceptors (Lipinski definition) is 5. The van der Waals surface area contributed by atoms with E-state index in [1.165, 1.54) is 38.5 Å². The predicted octanol–water partition coefficient (Wildman–Crippen LogP) is 4.35. The lowest BCUT2D eigenvalue weighted by molar-refractivity contribution is -0.380. The number of rotatable bonds is 17. The highest BCUT2D eigenvalue weighted by atomic mass is 16.9. The lowest BCUT2D eigenvalue weighted by Gasteiger charge is -2.36. The summed E-state index contributed by atoms with van der Waals surface area (Å²) in [4.78, 5) is 0. The topological polar surface area (TPSA) is 46.2 Å². The van der Waals surface area contributed by atoms with Crippen LogP contribution in [-0.4, -0.2) is 47.8 Å². The molecule has 0 bridgehead atoms. The molecule has 0 rings (SSSR count). The van der Waals surface area contributed by atoms with Crippen molar-refractivity contribution in [3.63, 3.8) is 0 Å². The molecule has 1 unspecified atom stereocenters. The van der Waals surface area contributed by atoms with E-state index < -0.39 is 5.97 Å². The molecule has 0 radical (unpaired) electrons. The van der Waals surface area contributed by atoms with Crippen LogP contribution in [-0.2, 0) is 23.7 Å². The minimum absolute atomic E-state index is 0.194. The molecule has 23 heavy (non-hydrogen) atoms. The third-order valence-corrected chi connectivity index (χ3v) is 4.30. The lowest BCUT2D eigenvalue weighted by Crippen LogP contribution is -2.44. The first kappa shape index (κ1) is 22.8. The van der Waals surface area contributed by atoms with Crippen molar-refractivity contribution < 1.29 is 23.7 Å². The summed E-state index contributed by atoms with van der Waals surface area (Å²) in [5.74, 6) is -0.759. The highest BCUT2D eigenvalue weighted by Crippen LogP contribution is 2.32. The molecule has 0 saturated heterocycles. The molecular weight excluding hydrogens is 296 g/mol. The van der Waals surface area contributed by atoms with E-state index in [-0.39, 0.29) is 5.92 Å². The fraction of sp³-hybridized carbons (Fsp3) is 1.00. The summed E-state index contributed by atoms with van der Waals surface area (Å²) in [6.45, 7) is 3.26. The van der Waals surface area contributed by atoms with Crippen LogP contribution in [0, 0.1) is 5.92 Å². The normalized spacial score (nSPS) is 13.4. The summed E-state index contributed by atoms with van der Waals surface area (Å²) in [7, 11) is 6.56. The van der Waals surface area contributed by atoms with Crippen molar-refractivity contribution in [1.29, 1.82) is 0 Å². The Labute approximate surface area is 143 Å². The average Bonchev–Trinajstić information content (AvgIpc) is 2.58. The number of ether oxygens (including phenoxy) is 5. The maximum Gasteiger partial charge on any atom is 0.285 e. The number of methoxy groups -OCH3 is 4. The van der Waals surface area contributed by atoms with E-state index in [1.54, 1.807) is 28.4 Å². The van der Waals surface area contributed by atoms with Crippen molar-refractivity contribution in [3.8, 4) is 0 Å². The first-order valence-electron chi connectivity index (χ1n) is 8.92. The van der Waals surface area contributed by atoms with E-state index in [0.717, 1.165) is 19.3 Å². The van der Waals surface area contributed by atoms with Gasteiger partial charge in [-0.05, 0) is 19.3 Å². The van der Waals surface area contributed by atoms with E-state index >= 15 is 0 Å². The van der Waals surface area contributed by atoms with E-state index in [1.807, 2.05) is 0 Å². The monoisotopic (exact) mass is 334 g/mol. The SMILES string of the molecule is CCCCCCCCC(CCCOCOC)C(OC)(OC)OC. The Hall–Kier alpha value is -0.200. The summed E-state index contributed by atoms with van der Waals surface area (Å²) in [6, 6.07) is 0. The molecule has 0 fully saturated rings. The van der Waals surface area contributed by atoms with Crippen molar-refractivity contribution >= 4 is 0 Å². The average molecular weight is 334 g/mol. The Morgan fingerprint density at radius 3 is 1.87 bits per heavy atom. The molecule has 0 aliphatic carbocycles. The van der Waals surface area contributed by atoms with Crippen LogP contribution in [0.25, 0.3) is 0 Å². The zero-order valence-corrected chi connectivity index (χ0v) is 15.9. The van der Waals surface area contributed by atoms with Gasteiger partial charge in [0.1, 0.15) is 6.79 Å². The number of hydrogen-bond donors (Lipinski definition) is 0. The van der Waals surface area contributed by atoms with Crippen LogP contribution in [0.1, 0.15) is 64.7 Å². The van der Waals surface area contributed by atoms with E-state index in [9.17, 15) is 0 Å². The Kier molecular flexibility index (Phi) is 15.2. The minimum atomic E-state index is -0.954. The third-order valence-electron chi connectivity index (χ3n) is 4.30. The molecule has 0 spiro atoms. The second kappa shape index (κ2) is 15.3. The standard InChI is InChI=1S/C18H38O5/c1-6-7-8-9-10-11-13-17(14-12-15-23-16-19-2)18(20-3,21-4)22-5/h17H,6-16H2,1-5H3. The maximum atomic E-state index is 5.56. The van der Waals surface area contributed by atoms with E-state index in [0.29, 0.717) is 13.4 Å². The van der Waals surface area contributed by atoms with Crippen LogP contribution in [0.2, 0.25) is 0 Å². The van der Waals surface area contributed by atoms with Crippen molar-refractivity contribution in [2.24, 2.45) is 5.92 Å². The van der Waals surface area contributed by atoms with Gasteiger partial charge in [-0.25, -0.2) is 0 Å². The Bertz CT molecular complexity index is 235. The largest absolute Gasteiger partial charge is 0.359 e. The Balaban J connectivity index is 4.31. The molecular formula is C18H38O5. The fourth-order valence-corrected chi connectivity index (χ4v) is 2.99. The minimum Gasteiger partial charge on any atom is -0.359 e. The van der Waals surface area contributed by atoms with Gasteiger partial charge in [-0.3, -0.25) is 0 Å². The van der Waals surface area contributed by atoms with Crippen LogP contribution in [0.3, 0.4) is 0 Å². The first-order valence-corrected chi connectivity index (χ1v) is 8.92. The molecule has 0 aliphatic heterocycles. The van der Waals surface area contributed by atoms with E-state index in [2.05, 4.69) is 6.92 Å². The molecule has 0 aromatic rings. The molecule has 0 aromatic carbocycles. The van der Waals surface area contributed by atoms with Crippen molar-refractivity contribution in [3.05, 3.63) is 0 Å². The molecule has 0 aliphatic rings. The summed E-state index contributed by atoms with van der Waals surface area (Å²) >= 11 is 0. The molecule has 0 amide bonds. The van der Waals surface area contributed by atoms with Gasteiger partial charge in [0.25, 0.3) is 5.97 Å². The second-order valence-electron chi connectivity index (χ2n) is 5.93. The van der Waals surface area contributed by atoms with Crippen LogP contribution in [0.15, 0.2) is 0 Å². The van der Waals surface area contributed by atoms with Crippen molar-refractivity contribution in [1.82, 2.24) is 0 Å². The van der Waals surface area contributed by atoms with Crippen molar-refractivity contribution in [2.75, 3.05) is 41.8 Å². The molecule has 0 heterocycles. The first-order chi connectivity index (χ1) is 11.2. The quantitative estimate of drug-likeness (QED) is 0.292. The van der Waals surface area contributed by atoms with Crippen LogP contribution < -0.4 is 0 Å². The summed E-state index contributed by atoms with van der Waals surface area (Å²) < 4.78 is 27.0. The van der Waals surface area contributed by atoms with Crippen molar-refractivity contribution in [2.45, 2.75) is 70.7 Å². The molecule has 1 atom stereocenters. The van der Waals surface area contributed by atoms with Crippen LogP contribution in [0.4, 0.5) is 0 Å². The van der Waals surface area contributed by atoms with Gasteiger partial charge in [0.15, 0.2) is 0 Å². The summed E-state index contributed by atoms with van der Waals surface area (Å²) in [5, 5.41) is 0. The van der Waals surface area contributed by atoms with Gasteiger partial charge in [-0.2, -0.15) is 0 Å². The van der Waals surface area contributed by atoms with Gasteiger partial charge in [-0.15, -0.1) is 0 Å². The molecule has 140 valence electrons. The zero-order valence-electron chi connectivity index (χ0n) is 15.9. The molecule has 0 N–H and O–H groups in total. The molecule has 0 aromatic heterocycles. The van der Waals surface area contributed by atoms with Gasteiger partial charge in [0, 0.05) is 41.0 Å². The smallest absolute Gasteiger partial charge is 0.285 e. The van der Waals surface area contributed by atoms with Gasteiger partial charge in [0.2, 0.25) is 0 Å². The third kappa shape index (κ3) is 9.62. The maximum absolute atomic E-state index is 5.56. The summed E-state index contributed by atoms with van der Waals surface area (Å²) in [6.07, 6.45) is 10.6. The predicted molar refractivity (Wildman–Crippen MR) is 92.3 cm³/mol. The van der Waals surface area contributed by atoms with Gasteiger partial charge < -0.3 is 23.7 Å². The molecule has 5 heteroatoms. The number of unbranched alkanes of at least 4 members (excludes halogenated alkanes) is 5. The lowest BCUT2D eigenvalue weighted by atomic mass is 9.93. The van der Waals surface area contributed by atoms with Gasteiger partial charge in [-0.1, -0.05) is 45.4 Å². The zero-order chi connectivity index (χ0) is 17.4. The van der Waals surface area contributed by atoms with Gasteiger partial charge in [0.05, 0.1) is 0 Å². The second-order valence-corrected chi connectivity index (χ2v) is 5.93. The summed E-state index contributed by atoms with van der Waals surface area (Å²) in [5.41, 5.74) is 0. The highest BCUT2D eigenvalue weighted by molar-refractivity contribution is 4.71. The van der Waals surface area contributed by atoms with Crippen LogP contribution in [0.5, 0.6) is 0 Å². The molecule has 5 nitrogen and oxygen atoms in total. The van der Waals surface area contributed by atoms with Crippen LogP contribution >= 0.6 is 0 Å². The Morgan fingerprint density at radius 2 is 1.30 bits per heavy atom.